The maximum absolute atomic E-state index is 8.52. The summed E-state index contributed by atoms with van der Waals surface area (Å²) >= 11 is 0. The standard InChI is InChI=1S/2Mn.2H3N.3H2O4S/c;;;;3*1-5(2,3)4/h;;2*1H3;3*(H2,1,2,3,4)/q2*+2;;;;;/p-4. The van der Waals surface area contributed by atoms with Crippen LogP contribution in [0.1, 0.15) is 0 Å². The van der Waals surface area contributed by atoms with E-state index in [9.17, 15) is 0 Å². The smallest absolute Gasteiger partial charge is 0.759 e. The van der Waals surface area contributed by atoms with Crippen molar-refractivity contribution in [3.05, 3.63) is 0 Å². The van der Waals surface area contributed by atoms with Crippen LogP contribution in [0.4, 0.5) is 0 Å². The minimum atomic E-state index is -5.17. The normalized spacial score (nSPS) is 9.16. The van der Waals surface area contributed by atoms with Gasteiger partial charge < -0.3 is 39.6 Å². The SMILES string of the molecule is O=S(=O)([O-])[O-].O=S(=O)([O-])[O-].O=S(=O)([O-])[O-].[Mn+2].[Mn+2].[NH4+].[NH4+]. The molecule has 122 valence electrons. The van der Waals surface area contributed by atoms with Gasteiger partial charge >= 0.3 is 34.1 Å². The fourth-order valence-electron chi connectivity index (χ4n) is 0. The summed E-state index contributed by atoms with van der Waals surface area (Å²) in [6.07, 6.45) is 0. The van der Waals surface area contributed by atoms with Gasteiger partial charge in [-0.1, -0.05) is 0 Å². The molecule has 0 fully saturated rings. The monoisotopic (exact) mass is 434 g/mol. The van der Waals surface area contributed by atoms with Crippen molar-refractivity contribution in [2.45, 2.75) is 0 Å². The van der Waals surface area contributed by atoms with Gasteiger partial charge in [-0.25, -0.2) is 0 Å². The predicted octanol–water partition coefficient (Wildman–Crippen LogP) is -3.27. The van der Waals surface area contributed by atoms with E-state index < -0.39 is 31.2 Å². The van der Waals surface area contributed by atoms with E-state index in [0.717, 1.165) is 0 Å². The zero-order valence-corrected chi connectivity index (χ0v) is 13.7. The average molecular weight is 434 g/mol. The molecule has 0 amide bonds. The Bertz CT molecular complexity index is 350. The molecule has 0 heterocycles. The molecule has 0 aliphatic rings. The number of hydrogen-bond acceptors (Lipinski definition) is 12. The van der Waals surface area contributed by atoms with Gasteiger partial charge in [0.2, 0.25) is 0 Å². The first-order valence-corrected chi connectivity index (χ1v) is 6.00. The second kappa shape index (κ2) is 16.6. The van der Waals surface area contributed by atoms with Crippen molar-refractivity contribution >= 4 is 31.2 Å². The minimum absolute atomic E-state index is 0. The van der Waals surface area contributed by atoms with Crippen LogP contribution < -0.4 is 12.3 Å². The van der Waals surface area contributed by atoms with Crippen LogP contribution in [0.3, 0.4) is 0 Å². The first-order chi connectivity index (χ1) is 6.00. The largest absolute Gasteiger partial charge is 2.00 e. The molecule has 0 atom stereocenters. The van der Waals surface area contributed by atoms with Crippen molar-refractivity contribution in [2.24, 2.45) is 0 Å². The summed E-state index contributed by atoms with van der Waals surface area (Å²) in [5.41, 5.74) is 0. The van der Waals surface area contributed by atoms with E-state index in [-0.39, 0.29) is 46.4 Å². The quantitative estimate of drug-likeness (QED) is 0.215. The topological polar surface area (TPSA) is 314 Å². The van der Waals surface area contributed by atoms with Crippen molar-refractivity contribution in [2.75, 3.05) is 0 Å². The average Bonchev–Trinajstić information content (AvgIpc) is 1.41. The molecule has 0 rings (SSSR count). The van der Waals surface area contributed by atoms with Crippen molar-refractivity contribution in [1.29, 1.82) is 0 Å². The Morgan fingerprint density at radius 1 is 0.421 bits per heavy atom. The molecular formula is H8Mn2N2O12S3. The maximum atomic E-state index is 8.52. The van der Waals surface area contributed by atoms with Crippen LogP contribution in [0.25, 0.3) is 0 Å². The Labute approximate surface area is 130 Å². The molecule has 0 unspecified atom stereocenters. The molecule has 0 aliphatic heterocycles. The first kappa shape index (κ1) is 42.7. The molecule has 0 saturated carbocycles. The van der Waals surface area contributed by atoms with Gasteiger partial charge in [-0.2, -0.15) is 0 Å². The van der Waals surface area contributed by atoms with Gasteiger partial charge in [-0.15, -0.1) is 0 Å². The zero-order chi connectivity index (χ0) is 13.5. The maximum Gasteiger partial charge on any atom is 2.00 e. The van der Waals surface area contributed by atoms with E-state index in [1.807, 2.05) is 0 Å². The van der Waals surface area contributed by atoms with Crippen LogP contribution in [0.5, 0.6) is 0 Å². The summed E-state index contributed by atoms with van der Waals surface area (Å²) in [4.78, 5) is 0. The molecule has 0 aromatic heterocycles. The van der Waals surface area contributed by atoms with E-state index in [1.54, 1.807) is 0 Å². The van der Waals surface area contributed by atoms with E-state index in [2.05, 4.69) is 0 Å². The molecule has 0 aromatic rings. The summed E-state index contributed by atoms with van der Waals surface area (Å²) in [5.74, 6) is 0. The summed E-state index contributed by atoms with van der Waals surface area (Å²) in [7, 11) is -15.5. The Kier molecular flexibility index (Phi) is 37.4. The van der Waals surface area contributed by atoms with Crippen molar-refractivity contribution < 1.29 is 86.7 Å². The van der Waals surface area contributed by atoms with Gasteiger partial charge in [0.1, 0.15) is 0 Å². The van der Waals surface area contributed by atoms with Crippen molar-refractivity contribution in [3.8, 4) is 0 Å². The Balaban J connectivity index is -0.0000000206. The van der Waals surface area contributed by atoms with Gasteiger partial charge in [-0.3, -0.25) is 25.3 Å². The molecule has 0 bridgehead atoms. The molecular weight excluding hydrogens is 426 g/mol. The van der Waals surface area contributed by atoms with E-state index in [4.69, 9.17) is 52.6 Å². The van der Waals surface area contributed by atoms with Gasteiger partial charge in [0, 0.05) is 31.2 Å². The number of hydrogen-bond donors (Lipinski definition) is 2. The van der Waals surface area contributed by atoms with E-state index >= 15 is 0 Å². The summed E-state index contributed by atoms with van der Waals surface area (Å²) in [6.45, 7) is 0. The van der Waals surface area contributed by atoms with Gasteiger partial charge in [0.25, 0.3) is 0 Å². The Hall–Kier alpha value is 0.569. The Morgan fingerprint density at radius 2 is 0.421 bits per heavy atom. The van der Waals surface area contributed by atoms with Crippen LogP contribution in [-0.2, 0) is 65.3 Å². The van der Waals surface area contributed by atoms with Crippen LogP contribution in [0, 0.1) is 0 Å². The van der Waals surface area contributed by atoms with Gasteiger partial charge in [0.05, 0.1) is 0 Å². The fourth-order valence-corrected chi connectivity index (χ4v) is 0. The van der Waals surface area contributed by atoms with E-state index in [1.165, 1.54) is 0 Å². The predicted molar refractivity (Wildman–Crippen MR) is 43.4 cm³/mol. The van der Waals surface area contributed by atoms with Crippen LogP contribution in [0.15, 0.2) is 0 Å². The minimum Gasteiger partial charge on any atom is -0.759 e. The van der Waals surface area contributed by atoms with E-state index in [0.29, 0.717) is 0 Å². The second-order valence-corrected chi connectivity index (χ2v) is 3.67. The zero-order valence-electron chi connectivity index (χ0n) is 8.88. The third-order valence-electron chi connectivity index (χ3n) is 0. The number of rotatable bonds is 0. The van der Waals surface area contributed by atoms with Crippen LogP contribution in [0.2, 0.25) is 0 Å². The van der Waals surface area contributed by atoms with Gasteiger partial charge in [0.15, 0.2) is 0 Å². The fraction of sp³-hybridized carbons (Fsp3) is 0. The van der Waals surface area contributed by atoms with Crippen LogP contribution >= 0.6 is 0 Å². The third-order valence-corrected chi connectivity index (χ3v) is 0. The Morgan fingerprint density at radius 3 is 0.421 bits per heavy atom. The first-order valence-electron chi connectivity index (χ1n) is 2.00. The van der Waals surface area contributed by atoms with Crippen molar-refractivity contribution in [3.63, 3.8) is 0 Å². The third kappa shape index (κ3) is 15700. The van der Waals surface area contributed by atoms with Gasteiger partial charge in [-0.05, 0) is 0 Å². The molecule has 2 radical (unpaired) electrons. The molecule has 19 heteroatoms. The molecule has 19 heavy (non-hydrogen) atoms. The molecule has 0 aliphatic carbocycles. The molecule has 0 aromatic carbocycles. The molecule has 0 saturated heterocycles. The number of quaternary nitrogens is 2. The van der Waals surface area contributed by atoms with Crippen LogP contribution in [-0.4, -0.2) is 52.6 Å². The summed E-state index contributed by atoms with van der Waals surface area (Å²) in [6, 6.07) is 0. The van der Waals surface area contributed by atoms with Crippen molar-refractivity contribution in [1.82, 2.24) is 12.3 Å². The molecule has 8 N–H and O–H groups in total. The summed E-state index contributed by atoms with van der Waals surface area (Å²) in [5, 5.41) is 0. The second-order valence-electron chi connectivity index (χ2n) is 1.22. The molecule has 14 nitrogen and oxygen atoms in total. The molecule has 0 spiro atoms. The summed E-state index contributed by atoms with van der Waals surface area (Å²) < 4.78 is 102.